The van der Waals surface area contributed by atoms with Crippen LogP contribution in [0.4, 0.5) is 5.69 Å². The topological polar surface area (TPSA) is 85.0 Å². The van der Waals surface area contributed by atoms with Gasteiger partial charge >= 0.3 is 0 Å². The smallest absolute Gasteiger partial charge is 0.266 e. The Hall–Kier alpha value is -3.55. The van der Waals surface area contributed by atoms with Crippen molar-refractivity contribution in [3.8, 4) is 5.75 Å². The molecule has 1 heterocycles. The zero-order valence-corrected chi connectivity index (χ0v) is 20.5. The second-order valence-corrected chi connectivity index (χ2v) is 9.25. The fourth-order valence-electron chi connectivity index (χ4n) is 3.51. The number of hydrogen-bond acceptors (Lipinski definition) is 5. The number of carbonyl (C=O) groups is 2. The molecule has 2 N–H and O–H groups in total. The van der Waals surface area contributed by atoms with Gasteiger partial charge in [0, 0.05) is 6.54 Å². The van der Waals surface area contributed by atoms with Crippen LogP contribution in [0.25, 0.3) is 6.08 Å². The summed E-state index contributed by atoms with van der Waals surface area (Å²) in [7, 11) is 0. The minimum Gasteiger partial charge on any atom is -0.482 e. The van der Waals surface area contributed by atoms with Crippen molar-refractivity contribution < 1.29 is 14.3 Å². The maximum Gasteiger partial charge on any atom is 0.266 e. The Balaban J connectivity index is 1.54. The molecule has 0 bridgehead atoms. The molecule has 0 aliphatic carbocycles. The van der Waals surface area contributed by atoms with Crippen LogP contribution in [-0.2, 0) is 16.0 Å². The molecule has 1 aliphatic heterocycles. The molecule has 0 unspecified atom stereocenters. The minimum atomic E-state index is -0.585. The van der Waals surface area contributed by atoms with Crippen LogP contribution in [0.15, 0.2) is 88.8 Å². The molecule has 0 aromatic heterocycles. The highest BCUT2D eigenvalue weighted by Gasteiger charge is 2.33. The maximum atomic E-state index is 13.3. The number of para-hydroxylation sites is 1. The van der Waals surface area contributed by atoms with Gasteiger partial charge in [-0.05, 0) is 66.1 Å². The summed E-state index contributed by atoms with van der Waals surface area (Å²) in [6, 6.07) is 24.9. The molecule has 178 valence electrons. The van der Waals surface area contributed by atoms with Crippen molar-refractivity contribution in [1.29, 1.82) is 0 Å². The molecular formula is C27H24ClN3O3S. The highest BCUT2D eigenvalue weighted by Crippen LogP contribution is 2.35. The summed E-state index contributed by atoms with van der Waals surface area (Å²) in [5.41, 5.74) is 7.88. The standard InChI is InChI=1S/C27H24ClN3O3S/c28-22-16-20(13-14-23(22)34-18-25(29)32)17-24-26(33)31(15-7-10-19-8-3-1-4-9-19)27(35-24)30-21-11-5-2-6-12-21/h1-6,8-9,11-14,16-17H,7,10,15,18H2,(H2,29,32). The van der Waals surface area contributed by atoms with Gasteiger partial charge in [0.25, 0.3) is 11.8 Å². The molecule has 1 fully saturated rings. The zero-order chi connectivity index (χ0) is 24.6. The van der Waals surface area contributed by atoms with E-state index in [4.69, 9.17) is 27.1 Å². The monoisotopic (exact) mass is 505 g/mol. The van der Waals surface area contributed by atoms with Gasteiger partial charge in [0.05, 0.1) is 15.6 Å². The molecule has 3 aromatic carbocycles. The number of nitrogens with two attached hydrogens (primary N) is 1. The van der Waals surface area contributed by atoms with Crippen LogP contribution in [0.3, 0.4) is 0 Å². The number of carbonyl (C=O) groups excluding carboxylic acids is 2. The third kappa shape index (κ3) is 6.74. The van der Waals surface area contributed by atoms with E-state index < -0.39 is 5.91 Å². The van der Waals surface area contributed by atoms with Gasteiger partial charge in [-0.15, -0.1) is 0 Å². The molecule has 4 rings (SSSR count). The Morgan fingerprint density at radius 2 is 1.77 bits per heavy atom. The number of hydrogen-bond donors (Lipinski definition) is 1. The fourth-order valence-corrected chi connectivity index (χ4v) is 4.78. The average Bonchev–Trinajstić information content (AvgIpc) is 3.13. The Morgan fingerprint density at radius 1 is 1.06 bits per heavy atom. The first-order valence-electron chi connectivity index (χ1n) is 11.1. The SMILES string of the molecule is NC(=O)COc1ccc(C=C2SC(=Nc3ccccc3)N(CCCc3ccccc3)C2=O)cc1Cl. The Morgan fingerprint density at radius 3 is 2.46 bits per heavy atom. The van der Waals surface area contributed by atoms with Crippen molar-refractivity contribution in [3.63, 3.8) is 0 Å². The number of primary amides is 1. The molecular weight excluding hydrogens is 482 g/mol. The Kier molecular flexibility index (Phi) is 8.23. The minimum absolute atomic E-state index is 0.0945. The highest BCUT2D eigenvalue weighted by molar-refractivity contribution is 8.18. The van der Waals surface area contributed by atoms with Crippen molar-refractivity contribution in [2.75, 3.05) is 13.2 Å². The van der Waals surface area contributed by atoms with Crippen LogP contribution in [0.1, 0.15) is 17.5 Å². The average molecular weight is 506 g/mol. The van der Waals surface area contributed by atoms with Gasteiger partial charge in [0.2, 0.25) is 0 Å². The van der Waals surface area contributed by atoms with Crippen molar-refractivity contribution in [2.24, 2.45) is 10.7 Å². The lowest BCUT2D eigenvalue weighted by molar-refractivity contribution is -0.122. The van der Waals surface area contributed by atoms with E-state index in [1.807, 2.05) is 48.5 Å². The van der Waals surface area contributed by atoms with Crippen LogP contribution < -0.4 is 10.5 Å². The second kappa shape index (κ2) is 11.7. The lowest BCUT2D eigenvalue weighted by Crippen LogP contribution is -2.30. The van der Waals surface area contributed by atoms with E-state index >= 15 is 0 Å². The van der Waals surface area contributed by atoms with E-state index in [1.54, 1.807) is 29.2 Å². The third-order valence-electron chi connectivity index (χ3n) is 5.18. The number of aryl methyl sites for hydroxylation is 1. The van der Waals surface area contributed by atoms with Crippen molar-refractivity contribution in [2.45, 2.75) is 12.8 Å². The quantitative estimate of drug-likeness (QED) is 0.392. The molecule has 0 radical (unpaired) electrons. The van der Waals surface area contributed by atoms with Gasteiger partial charge < -0.3 is 10.5 Å². The first kappa shape index (κ1) is 24.6. The number of aliphatic imine (C=N–C) groups is 1. The van der Waals surface area contributed by atoms with Crippen LogP contribution >= 0.6 is 23.4 Å². The maximum absolute atomic E-state index is 13.3. The normalized spacial score (nSPS) is 15.7. The predicted molar refractivity (Wildman–Crippen MR) is 142 cm³/mol. The van der Waals surface area contributed by atoms with E-state index in [0.717, 1.165) is 24.1 Å². The molecule has 0 saturated carbocycles. The van der Waals surface area contributed by atoms with E-state index in [9.17, 15) is 9.59 Å². The number of thioether (sulfide) groups is 1. The van der Waals surface area contributed by atoms with Crippen LogP contribution in [0.5, 0.6) is 5.75 Å². The molecule has 0 spiro atoms. The molecule has 0 atom stereocenters. The summed E-state index contributed by atoms with van der Waals surface area (Å²) in [6.07, 6.45) is 3.47. The van der Waals surface area contributed by atoms with Gasteiger partial charge in [-0.2, -0.15) is 0 Å². The van der Waals surface area contributed by atoms with E-state index in [2.05, 4.69) is 12.1 Å². The number of amides is 2. The molecule has 8 heteroatoms. The van der Waals surface area contributed by atoms with Gasteiger partial charge in [0.15, 0.2) is 11.8 Å². The lowest BCUT2D eigenvalue weighted by Gasteiger charge is -2.15. The highest BCUT2D eigenvalue weighted by atomic mass is 35.5. The van der Waals surface area contributed by atoms with Crippen LogP contribution in [0.2, 0.25) is 5.02 Å². The largest absolute Gasteiger partial charge is 0.482 e. The fraction of sp³-hybridized carbons (Fsp3) is 0.148. The number of ether oxygens (including phenoxy) is 1. The molecule has 1 aliphatic rings. The van der Waals surface area contributed by atoms with Crippen molar-refractivity contribution in [3.05, 3.63) is 99.9 Å². The zero-order valence-electron chi connectivity index (χ0n) is 18.9. The van der Waals surface area contributed by atoms with Crippen molar-refractivity contribution >= 4 is 52.1 Å². The molecule has 3 aromatic rings. The van der Waals surface area contributed by atoms with Gasteiger partial charge in [-0.25, -0.2) is 4.99 Å². The summed E-state index contributed by atoms with van der Waals surface area (Å²) in [5, 5.41) is 0.974. The summed E-state index contributed by atoms with van der Waals surface area (Å²) in [5.74, 6) is -0.326. The van der Waals surface area contributed by atoms with Crippen LogP contribution in [-0.4, -0.2) is 35.0 Å². The number of nitrogens with zero attached hydrogens (tertiary/aromatic N) is 2. The van der Waals surface area contributed by atoms with Crippen LogP contribution in [0, 0.1) is 0 Å². The first-order valence-corrected chi connectivity index (χ1v) is 12.3. The Labute approximate surface area is 213 Å². The third-order valence-corrected chi connectivity index (χ3v) is 6.48. The van der Waals surface area contributed by atoms with E-state index in [0.29, 0.717) is 27.4 Å². The second-order valence-electron chi connectivity index (χ2n) is 7.83. The molecule has 6 nitrogen and oxygen atoms in total. The summed E-state index contributed by atoms with van der Waals surface area (Å²) in [6.45, 7) is 0.302. The van der Waals surface area contributed by atoms with Gasteiger partial charge in [0.1, 0.15) is 5.75 Å². The number of benzene rings is 3. The number of halogens is 1. The summed E-state index contributed by atoms with van der Waals surface area (Å²) < 4.78 is 5.30. The van der Waals surface area contributed by atoms with Gasteiger partial charge in [-0.3, -0.25) is 14.5 Å². The first-order chi connectivity index (χ1) is 17.0. The van der Waals surface area contributed by atoms with Crippen molar-refractivity contribution in [1.82, 2.24) is 4.90 Å². The molecule has 35 heavy (non-hydrogen) atoms. The lowest BCUT2D eigenvalue weighted by atomic mass is 10.1. The summed E-state index contributed by atoms with van der Waals surface area (Å²) >= 11 is 7.63. The number of amidine groups is 1. The van der Waals surface area contributed by atoms with E-state index in [1.165, 1.54) is 17.3 Å². The molecule has 1 saturated heterocycles. The Bertz CT molecular complexity index is 1260. The van der Waals surface area contributed by atoms with Gasteiger partial charge in [-0.1, -0.05) is 66.2 Å². The number of rotatable bonds is 9. The van der Waals surface area contributed by atoms with E-state index in [-0.39, 0.29) is 12.5 Å². The predicted octanol–water partition coefficient (Wildman–Crippen LogP) is 5.44. The summed E-state index contributed by atoms with van der Waals surface area (Å²) in [4.78, 5) is 31.3. The molecule has 2 amide bonds.